The second-order valence-electron chi connectivity index (χ2n) is 4.55. The van der Waals surface area contributed by atoms with Crippen molar-refractivity contribution in [3.05, 3.63) is 54.0 Å². The van der Waals surface area contributed by atoms with Gasteiger partial charge in [-0.3, -0.25) is 0 Å². The van der Waals surface area contributed by atoms with Crippen molar-refractivity contribution < 1.29 is 4.52 Å². The number of nitrogens with zero attached hydrogens (tertiary/aromatic N) is 4. The van der Waals surface area contributed by atoms with E-state index in [1.807, 2.05) is 19.1 Å². The maximum Gasteiger partial charge on any atom is 0.175 e. The van der Waals surface area contributed by atoms with Crippen molar-refractivity contribution in [3.63, 3.8) is 0 Å². The second kappa shape index (κ2) is 5.93. The summed E-state index contributed by atoms with van der Waals surface area (Å²) in [5, 5.41) is 18.8. The van der Waals surface area contributed by atoms with Crippen molar-refractivity contribution in [2.24, 2.45) is 0 Å². The summed E-state index contributed by atoms with van der Waals surface area (Å²) in [5.74, 6) is 2.52. The van der Waals surface area contributed by atoms with E-state index >= 15 is 0 Å². The van der Waals surface area contributed by atoms with E-state index in [0.29, 0.717) is 28.8 Å². The highest BCUT2D eigenvalue weighted by atomic mass is 16.5. The molecule has 0 aliphatic rings. The van der Waals surface area contributed by atoms with Crippen LogP contribution in [0.15, 0.2) is 47.2 Å². The molecule has 7 nitrogen and oxygen atoms in total. The molecule has 0 fully saturated rings. The van der Waals surface area contributed by atoms with E-state index in [1.165, 1.54) is 6.33 Å². The van der Waals surface area contributed by atoms with E-state index < -0.39 is 0 Å². The van der Waals surface area contributed by atoms with Crippen LogP contribution in [0.3, 0.4) is 0 Å². The van der Waals surface area contributed by atoms with Crippen LogP contribution in [0.25, 0.3) is 0 Å². The Morgan fingerprint density at radius 3 is 2.36 bits per heavy atom. The van der Waals surface area contributed by atoms with E-state index in [1.54, 1.807) is 24.3 Å². The van der Waals surface area contributed by atoms with Gasteiger partial charge in [-0.05, 0) is 31.2 Å². The topological polar surface area (TPSA) is 99.7 Å². The lowest BCUT2D eigenvalue weighted by Gasteiger charge is -2.07. The van der Waals surface area contributed by atoms with E-state index in [9.17, 15) is 0 Å². The Kier molecular flexibility index (Phi) is 3.66. The minimum absolute atomic E-state index is 0.584. The van der Waals surface area contributed by atoms with Gasteiger partial charge in [0.15, 0.2) is 5.82 Å². The molecular formula is C15H12N6O. The number of rotatable bonds is 4. The van der Waals surface area contributed by atoms with Crippen molar-refractivity contribution in [2.75, 3.05) is 10.6 Å². The van der Waals surface area contributed by atoms with E-state index in [2.05, 4.69) is 31.8 Å². The Bertz CT molecular complexity index is 819. The zero-order valence-corrected chi connectivity index (χ0v) is 11.7. The van der Waals surface area contributed by atoms with E-state index in [4.69, 9.17) is 9.78 Å². The molecule has 7 heteroatoms. The highest BCUT2D eigenvalue weighted by Gasteiger charge is 2.04. The summed E-state index contributed by atoms with van der Waals surface area (Å²) in [6.07, 6.45) is 1.45. The van der Waals surface area contributed by atoms with E-state index in [-0.39, 0.29) is 0 Å². The number of nitriles is 1. The molecule has 2 N–H and O–H groups in total. The quantitative estimate of drug-likeness (QED) is 0.761. The predicted molar refractivity (Wildman–Crippen MR) is 81.0 cm³/mol. The van der Waals surface area contributed by atoms with E-state index in [0.717, 1.165) is 5.69 Å². The molecule has 0 aliphatic carbocycles. The number of aryl methyl sites for hydroxylation is 1. The van der Waals surface area contributed by atoms with Gasteiger partial charge in [0.2, 0.25) is 0 Å². The molecule has 0 amide bonds. The number of nitrogens with one attached hydrogen (secondary N) is 2. The Morgan fingerprint density at radius 2 is 1.73 bits per heavy atom. The molecule has 0 atom stereocenters. The Morgan fingerprint density at radius 1 is 1.00 bits per heavy atom. The average Bonchev–Trinajstić information content (AvgIpc) is 2.93. The van der Waals surface area contributed by atoms with Crippen LogP contribution in [0.1, 0.15) is 11.3 Å². The van der Waals surface area contributed by atoms with Gasteiger partial charge in [0, 0.05) is 17.8 Å². The molecule has 0 saturated heterocycles. The first-order valence-electron chi connectivity index (χ1n) is 6.52. The van der Waals surface area contributed by atoms with Crippen LogP contribution >= 0.6 is 0 Å². The normalized spacial score (nSPS) is 10.0. The summed E-state index contributed by atoms with van der Waals surface area (Å²) >= 11 is 0. The fourth-order valence-corrected chi connectivity index (χ4v) is 1.83. The molecule has 2 aromatic heterocycles. The second-order valence-corrected chi connectivity index (χ2v) is 4.55. The van der Waals surface area contributed by atoms with Crippen LogP contribution in [-0.4, -0.2) is 15.1 Å². The number of benzene rings is 1. The van der Waals surface area contributed by atoms with Gasteiger partial charge in [0.25, 0.3) is 0 Å². The van der Waals surface area contributed by atoms with Gasteiger partial charge in [-0.1, -0.05) is 5.16 Å². The summed E-state index contributed by atoms with van der Waals surface area (Å²) in [7, 11) is 0. The fraction of sp³-hybridized carbons (Fsp3) is 0.0667. The average molecular weight is 292 g/mol. The van der Waals surface area contributed by atoms with Gasteiger partial charge in [-0.15, -0.1) is 0 Å². The first-order valence-corrected chi connectivity index (χ1v) is 6.52. The Labute approximate surface area is 126 Å². The summed E-state index contributed by atoms with van der Waals surface area (Å²) in [5.41, 5.74) is 1.44. The molecule has 2 heterocycles. The minimum atomic E-state index is 0.584. The van der Waals surface area contributed by atoms with Gasteiger partial charge >= 0.3 is 0 Å². The highest BCUT2D eigenvalue weighted by molar-refractivity contribution is 5.61. The smallest absolute Gasteiger partial charge is 0.175 e. The molecule has 3 rings (SSSR count). The minimum Gasteiger partial charge on any atom is -0.360 e. The third-order valence-corrected chi connectivity index (χ3v) is 2.84. The van der Waals surface area contributed by atoms with Gasteiger partial charge in [0.05, 0.1) is 11.6 Å². The lowest BCUT2D eigenvalue weighted by atomic mass is 10.2. The van der Waals surface area contributed by atoms with Crippen LogP contribution in [-0.2, 0) is 0 Å². The summed E-state index contributed by atoms with van der Waals surface area (Å²) in [4.78, 5) is 8.28. The molecule has 0 bridgehead atoms. The van der Waals surface area contributed by atoms with Gasteiger partial charge in [-0.25, -0.2) is 9.97 Å². The Hall–Kier alpha value is -3.40. The number of aromatic nitrogens is 3. The number of anilines is 4. The molecule has 0 saturated carbocycles. The van der Waals surface area contributed by atoms with Crippen molar-refractivity contribution in [2.45, 2.75) is 6.92 Å². The summed E-state index contributed by atoms with van der Waals surface area (Å²) in [6, 6.07) is 12.7. The monoisotopic (exact) mass is 292 g/mol. The molecular weight excluding hydrogens is 280 g/mol. The highest BCUT2D eigenvalue weighted by Crippen LogP contribution is 2.19. The predicted octanol–water partition coefficient (Wildman–Crippen LogP) is 3.13. The zero-order valence-electron chi connectivity index (χ0n) is 11.7. The maximum atomic E-state index is 8.78. The Balaban J connectivity index is 1.74. The fourth-order valence-electron chi connectivity index (χ4n) is 1.83. The van der Waals surface area contributed by atoms with Crippen LogP contribution in [0.2, 0.25) is 0 Å². The largest absolute Gasteiger partial charge is 0.360 e. The molecule has 3 aromatic rings. The molecule has 1 aromatic carbocycles. The van der Waals surface area contributed by atoms with Crippen molar-refractivity contribution in [1.82, 2.24) is 15.1 Å². The SMILES string of the molecule is Cc1cc(Nc2cc(Nc3ccc(C#N)cc3)ncn2)no1. The van der Waals surface area contributed by atoms with Crippen molar-refractivity contribution in [1.29, 1.82) is 5.26 Å². The number of hydrogen-bond donors (Lipinski definition) is 2. The van der Waals surface area contributed by atoms with Gasteiger partial charge in [-0.2, -0.15) is 5.26 Å². The van der Waals surface area contributed by atoms with Crippen molar-refractivity contribution in [3.8, 4) is 6.07 Å². The van der Waals surface area contributed by atoms with Gasteiger partial charge in [0.1, 0.15) is 23.7 Å². The third kappa shape index (κ3) is 3.19. The molecule has 22 heavy (non-hydrogen) atoms. The molecule has 0 unspecified atom stereocenters. The van der Waals surface area contributed by atoms with Crippen LogP contribution < -0.4 is 10.6 Å². The van der Waals surface area contributed by atoms with Crippen LogP contribution in [0.4, 0.5) is 23.1 Å². The number of hydrogen-bond acceptors (Lipinski definition) is 7. The van der Waals surface area contributed by atoms with Crippen LogP contribution in [0, 0.1) is 18.3 Å². The summed E-state index contributed by atoms with van der Waals surface area (Å²) in [6.45, 7) is 1.82. The molecule has 0 spiro atoms. The summed E-state index contributed by atoms with van der Waals surface area (Å²) < 4.78 is 4.99. The molecule has 108 valence electrons. The van der Waals surface area contributed by atoms with Crippen LogP contribution in [0.5, 0.6) is 0 Å². The molecule has 0 radical (unpaired) electrons. The molecule has 0 aliphatic heterocycles. The maximum absolute atomic E-state index is 8.78. The van der Waals surface area contributed by atoms with Gasteiger partial charge < -0.3 is 15.2 Å². The third-order valence-electron chi connectivity index (χ3n) is 2.84. The lowest BCUT2D eigenvalue weighted by Crippen LogP contribution is -1.98. The van der Waals surface area contributed by atoms with Crippen molar-refractivity contribution >= 4 is 23.1 Å². The first kappa shape index (κ1) is 13.6. The standard InChI is InChI=1S/C15H12N6O/c1-10-6-15(21-22-10)20-14-7-13(17-9-18-14)19-12-4-2-11(8-16)3-5-12/h2-7,9H,1H3,(H2,17,18,19,20,21). The first-order chi connectivity index (χ1) is 10.7. The lowest BCUT2D eigenvalue weighted by molar-refractivity contribution is 0.400. The zero-order chi connectivity index (χ0) is 15.4.